The first-order valence-corrected chi connectivity index (χ1v) is 9.15. The number of carbonyl (C=O) groups excluding carboxylic acids is 2. The number of hydrogen-bond donors (Lipinski definition) is 0. The lowest BCUT2D eigenvalue weighted by Gasteiger charge is -2.28. The fraction of sp³-hybridized carbons (Fsp3) is 0.474. The summed E-state index contributed by atoms with van der Waals surface area (Å²) in [4.78, 5) is 28.2. The second kappa shape index (κ2) is 6.90. The van der Waals surface area contributed by atoms with Gasteiger partial charge in [0.2, 0.25) is 5.91 Å². The molecule has 136 valence electrons. The first kappa shape index (κ1) is 16.8. The van der Waals surface area contributed by atoms with Gasteiger partial charge in [-0.15, -0.1) is 5.10 Å². The zero-order valence-electron chi connectivity index (χ0n) is 15.0. The summed E-state index contributed by atoms with van der Waals surface area (Å²) in [6, 6.07) is 8.37. The van der Waals surface area contributed by atoms with Crippen molar-refractivity contribution in [1.82, 2.24) is 24.8 Å². The van der Waals surface area contributed by atoms with E-state index in [0.29, 0.717) is 25.3 Å². The molecule has 0 N–H and O–H groups in total. The van der Waals surface area contributed by atoms with Crippen molar-refractivity contribution in [2.45, 2.75) is 45.3 Å². The van der Waals surface area contributed by atoms with Gasteiger partial charge in [0.1, 0.15) is 0 Å². The third-order valence-corrected chi connectivity index (χ3v) is 5.36. The molecule has 2 aliphatic rings. The number of benzene rings is 1. The van der Waals surface area contributed by atoms with E-state index in [-0.39, 0.29) is 17.9 Å². The highest BCUT2D eigenvalue weighted by Gasteiger charge is 2.28. The van der Waals surface area contributed by atoms with Gasteiger partial charge in [-0.05, 0) is 30.4 Å². The number of hydrogen-bond acceptors (Lipinski definition) is 4. The van der Waals surface area contributed by atoms with Gasteiger partial charge in [-0.25, -0.2) is 4.68 Å². The SMILES string of the molecule is CC(=O)N1CCC[C@H]1Cn1cc(C(=O)N2CCc3ccccc3C2)nn1. The third kappa shape index (κ3) is 3.21. The molecule has 26 heavy (non-hydrogen) atoms. The molecule has 1 atom stereocenters. The van der Waals surface area contributed by atoms with Gasteiger partial charge >= 0.3 is 0 Å². The summed E-state index contributed by atoms with van der Waals surface area (Å²) in [6.07, 6.45) is 4.55. The summed E-state index contributed by atoms with van der Waals surface area (Å²) in [7, 11) is 0. The maximum atomic E-state index is 12.8. The molecule has 1 saturated heterocycles. The number of amides is 2. The highest BCUT2D eigenvalue weighted by atomic mass is 16.2. The molecule has 7 nitrogen and oxygen atoms in total. The van der Waals surface area contributed by atoms with Crippen LogP contribution >= 0.6 is 0 Å². The van der Waals surface area contributed by atoms with Crippen molar-refractivity contribution in [3.05, 3.63) is 47.3 Å². The predicted octanol–water partition coefficient (Wildman–Crippen LogP) is 1.49. The minimum atomic E-state index is -0.0828. The molecule has 1 aromatic carbocycles. The standard InChI is InChI=1S/C19H23N5O2/c1-14(25)24-9-4-7-17(24)12-23-13-18(20-21-23)19(26)22-10-8-15-5-2-3-6-16(15)11-22/h2-3,5-6,13,17H,4,7-12H2,1H3/t17-/m0/s1. The molecule has 0 aliphatic carbocycles. The molecule has 3 heterocycles. The fourth-order valence-corrected chi connectivity index (χ4v) is 3.97. The van der Waals surface area contributed by atoms with Crippen molar-refractivity contribution in [3.63, 3.8) is 0 Å². The maximum absolute atomic E-state index is 12.8. The van der Waals surface area contributed by atoms with Crippen LogP contribution in [0.15, 0.2) is 30.5 Å². The second-order valence-corrected chi connectivity index (χ2v) is 7.08. The first-order chi connectivity index (χ1) is 12.6. The molecular formula is C19H23N5O2. The molecule has 0 radical (unpaired) electrons. The van der Waals surface area contributed by atoms with E-state index in [9.17, 15) is 9.59 Å². The summed E-state index contributed by atoms with van der Waals surface area (Å²) < 4.78 is 1.69. The number of aromatic nitrogens is 3. The van der Waals surface area contributed by atoms with Crippen LogP contribution in [0.2, 0.25) is 0 Å². The highest BCUT2D eigenvalue weighted by molar-refractivity contribution is 5.92. The minimum absolute atomic E-state index is 0.0828. The molecule has 2 amide bonds. The Morgan fingerprint density at radius 2 is 2.00 bits per heavy atom. The van der Waals surface area contributed by atoms with Gasteiger partial charge in [0.05, 0.1) is 18.8 Å². The van der Waals surface area contributed by atoms with Crippen LogP contribution in [0.4, 0.5) is 0 Å². The number of nitrogens with zero attached hydrogens (tertiary/aromatic N) is 5. The van der Waals surface area contributed by atoms with E-state index in [4.69, 9.17) is 0 Å². The molecular weight excluding hydrogens is 330 g/mol. The van der Waals surface area contributed by atoms with E-state index in [1.807, 2.05) is 21.9 Å². The summed E-state index contributed by atoms with van der Waals surface area (Å²) in [5.74, 6) is 0.0106. The van der Waals surface area contributed by atoms with Crippen molar-refractivity contribution in [2.75, 3.05) is 13.1 Å². The largest absolute Gasteiger partial charge is 0.338 e. The van der Waals surface area contributed by atoms with E-state index < -0.39 is 0 Å². The summed E-state index contributed by atoms with van der Waals surface area (Å²) >= 11 is 0. The Morgan fingerprint density at radius 3 is 2.81 bits per heavy atom. The molecule has 0 spiro atoms. The topological polar surface area (TPSA) is 71.3 Å². The lowest BCUT2D eigenvalue weighted by molar-refractivity contribution is -0.129. The van der Waals surface area contributed by atoms with Crippen LogP contribution in [0.3, 0.4) is 0 Å². The quantitative estimate of drug-likeness (QED) is 0.838. The van der Waals surface area contributed by atoms with Crippen LogP contribution in [-0.4, -0.2) is 55.7 Å². The van der Waals surface area contributed by atoms with Gasteiger partial charge in [0.25, 0.3) is 5.91 Å². The maximum Gasteiger partial charge on any atom is 0.276 e. The Balaban J connectivity index is 1.43. The van der Waals surface area contributed by atoms with Crippen LogP contribution in [0.5, 0.6) is 0 Å². The number of likely N-dealkylation sites (tertiary alicyclic amines) is 1. The Labute approximate surface area is 152 Å². The van der Waals surface area contributed by atoms with Gasteiger partial charge < -0.3 is 9.80 Å². The van der Waals surface area contributed by atoms with Crippen LogP contribution in [-0.2, 0) is 24.3 Å². The van der Waals surface area contributed by atoms with Crippen molar-refractivity contribution in [3.8, 4) is 0 Å². The fourth-order valence-electron chi connectivity index (χ4n) is 3.97. The lowest BCUT2D eigenvalue weighted by Crippen LogP contribution is -2.36. The first-order valence-electron chi connectivity index (χ1n) is 9.15. The Hall–Kier alpha value is -2.70. The molecule has 7 heteroatoms. The molecule has 2 aromatic rings. The zero-order chi connectivity index (χ0) is 18.1. The van der Waals surface area contributed by atoms with E-state index in [1.54, 1.807) is 17.8 Å². The Kier molecular flexibility index (Phi) is 4.44. The predicted molar refractivity (Wildman–Crippen MR) is 95.3 cm³/mol. The number of carbonyl (C=O) groups is 2. The van der Waals surface area contributed by atoms with Crippen LogP contribution < -0.4 is 0 Å². The van der Waals surface area contributed by atoms with Gasteiger partial charge in [-0.3, -0.25) is 9.59 Å². The van der Waals surface area contributed by atoms with E-state index >= 15 is 0 Å². The van der Waals surface area contributed by atoms with Crippen molar-refractivity contribution >= 4 is 11.8 Å². The van der Waals surface area contributed by atoms with Gasteiger partial charge in [0.15, 0.2) is 5.69 Å². The van der Waals surface area contributed by atoms with Gasteiger partial charge in [0, 0.05) is 26.6 Å². The molecule has 2 aliphatic heterocycles. The summed E-state index contributed by atoms with van der Waals surface area (Å²) in [5.41, 5.74) is 2.88. The minimum Gasteiger partial charge on any atom is -0.338 e. The van der Waals surface area contributed by atoms with E-state index in [2.05, 4.69) is 22.4 Å². The van der Waals surface area contributed by atoms with Gasteiger partial charge in [-0.2, -0.15) is 0 Å². The Bertz CT molecular complexity index is 831. The molecule has 0 saturated carbocycles. The average Bonchev–Trinajstić information content (AvgIpc) is 3.30. The van der Waals surface area contributed by atoms with Crippen LogP contribution in [0.25, 0.3) is 0 Å². The summed E-state index contributed by atoms with van der Waals surface area (Å²) in [6.45, 7) is 4.30. The molecule has 1 aromatic heterocycles. The molecule has 4 rings (SSSR count). The third-order valence-electron chi connectivity index (χ3n) is 5.36. The summed E-state index contributed by atoms with van der Waals surface area (Å²) in [5, 5.41) is 8.19. The molecule has 0 bridgehead atoms. The van der Waals surface area contributed by atoms with Crippen LogP contribution in [0, 0.1) is 0 Å². The smallest absolute Gasteiger partial charge is 0.276 e. The second-order valence-electron chi connectivity index (χ2n) is 7.08. The Morgan fingerprint density at radius 1 is 1.19 bits per heavy atom. The van der Waals surface area contributed by atoms with Crippen LogP contribution in [0.1, 0.15) is 41.4 Å². The van der Waals surface area contributed by atoms with Crippen molar-refractivity contribution in [1.29, 1.82) is 0 Å². The molecule has 1 fully saturated rings. The zero-order valence-corrected chi connectivity index (χ0v) is 15.0. The van der Waals surface area contributed by atoms with E-state index in [1.165, 1.54) is 11.1 Å². The van der Waals surface area contributed by atoms with E-state index in [0.717, 1.165) is 25.8 Å². The highest BCUT2D eigenvalue weighted by Crippen LogP contribution is 2.21. The van der Waals surface area contributed by atoms with Crippen molar-refractivity contribution < 1.29 is 9.59 Å². The molecule has 0 unspecified atom stereocenters. The number of fused-ring (bicyclic) bond motifs is 1. The lowest BCUT2D eigenvalue weighted by atomic mass is 10.00. The van der Waals surface area contributed by atoms with Gasteiger partial charge in [-0.1, -0.05) is 29.5 Å². The monoisotopic (exact) mass is 353 g/mol. The normalized spacial score (nSPS) is 19.5. The number of rotatable bonds is 3. The average molecular weight is 353 g/mol. The van der Waals surface area contributed by atoms with Crippen molar-refractivity contribution in [2.24, 2.45) is 0 Å².